The molecule has 57 valence electrons. The van der Waals surface area contributed by atoms with E-state index in [4.69, 9.17) is 0 Å². The Kier molecular flexibility index (Phi) is 12.2. The topological polar surface area (TPSA) is 41.1 Å². The molecule has 0 saturated carbocycles. The predicted molar refractivity (Wildman–Crippen MR) is 36.8 cm³/mol. The van der Waals surface area contributed by atoms with Crippen LogP contribution in [0, 0.1) is 7.05 Å². The van der Waals surface area contributed by atoms with Crippen molar-refractivity contribution < 1.29 is 37.5 Å². The molecule has 0 aliphatic heterocycles. The van der Waals surface area contributed by atoms with E-state index in [1.807, 2.05) is 0 Å². The Morgan fingerprint density at radius 3 is 2.60 bits per heavy atom. The normalized spacial score (nSPS) is 7.80. The van der Waals surface area contributed by atoms with Crippen LogP contribution in [-0.2, 0) is 32.7 Å². The Morgan fingerprint density at radius 2 is 2.20 bits per heavy atom. The van der Waals surface area contributed by atoms with Gasteiger partial charge in [-0.2, -0.15) is 0 Å². The Morgan fingerprint density at radius 1 is 1.60 bits per heavy atom. The van der Waals surface area contributed by atoms with E-state index >= 15 is 0 Å². The standard InChI is InChI=1S/C6H13N2O.Y/c1-3-4-5-8-6(9)7-2;/h2-5H2,1H3,(H2,7,8,9);/q-1;. The van der Waals surface area contributed by atoms with Crippen LogP contribution >= 0.6 is 0 Å². The molecule has 0 rings (SSSR count). The van der Waals surface area contributed by atoms with Crippen LogP contribution in [0.2, 0.25) is 0 Å². The van der Waals surface area contributed by atoms with Gasteiger partial charge in [0.05, 0.1) is 0 Å². The van der Waals surface area contributed by atoms with Crippen LogP contribution in [-0.4, -0.2) is 12.6 Å². The van der Waals surface area contributed by atoms with Gasteiger partial charge in [0.25, 0.3) is 6.03 Å². The summed E-state index contributed by atoms with van der Waals surface area (Å²) in [7, 11) is 3.20. The van der Waals surface area contributed by atoms with Gasteiger partial charge in [-0.1, -0.05) is 13.3 Å². The number of carbonyl (C=O) groups is 1. The number of hydrogen-bond donors (Lipinski definition) is 2. The number of nitrogens with one attached hydrogen (secondary N) is 2. The summed E-state index contributed by atoms with van der Waals surface area (Å²) in [6.07, 6.45) is 2.12. The van der Waals surface area contributed by atoms with Gasteiger partial charge < -0.3 is 10.6 Å². The fraction of sp³-hybridized carbons (Fsp3) is 0.667. The summed E-state index contributed by atoms with van der Waals surface area (Å²) in [5.41, 5.74) is 0. The largest absolute Gasteiger partial charge is 0.490 e. The molecule has 2 amide bonds. The van der Waals surface area contributed by atoms with Crippen LogP contribution in [0.5, 0.6) is 0 Å². The van der Waals surface area contributed by atoms with Crippen molar-refractivity contribution in [3.8, 4) is 0 Å². The summed E-state index contributed by atoms with van der Waals surface area (Å²) < 4.78 is 0. The van der Waals surface area contributed by atoms with E-state index in [1.165, 1.54) is 0 Å². The maximum Gasteiger partial charge on any atom is 0.285 e. The molecule has 0 atom stereocenters. The Hall–Kier alpha value is 0.374. The summed E-state index contributed by atoms with van der Waals surface area (Å²) in [4.78, 5) is 10.4. The third kappa shape index (κ3) is 8.37. The Labute approximate surface area is 87.2 Å². The van der Waals surface area contributed by atoms with Crippen molar-refractivity contribution in [2.75, 3.05) is 6.54 Å². The number of hydrogen-bond acceptors (Lipinski definition) is 1. The quantitative estimate of drug-likeness (QED) is 0.535. The van der Waals surface area contributed by atoms with Crippen LogP contribution in [0.1, 0.15) is 19.8 Å². The zero-order valence-electron chi connectivity index (χ0n) is 6.31. The molecule has 0 saturated heterocycles. The molecule has 0 unspecified atom stereocenters. The molecule has 2 N–H and O–H groups in total. The molecule has 0 aliphatic rings. The van der Waals surface area contributed by atoms with Crippen LogP contribution in [0.25, 0.3) is 0 Å². The number of urea groups is 1. The van der Waals surface area contributed by atoms with Gasteiger partial charge in [-0.3, -0.25) is 11.8 Å². The number of rotatable bonds is 3. The van der Waals surface area contributed by atoms with Crippen molar-refractivity contribution in [2.45, 2.75) is 19.8 Å². The van der Waals surface area contributed by atoms with Gasteiger partial charge in [-0.05, 0) is 6.42 Å². The van der Waals surface area contributed by atoms with Crippen molar-refractivity contribution in [3.05, 3.63) is 7.05 Å². The van der Waals surface area contributed by atoms with E-state index in [0.29, 0.717) is 0 Å². The summed E-state index contributed by atoms with van der Waals surface area (Å²) in [6.45, 7) is 2.81. The van der Waals surface area contributed by atoms with E-state index in [2.05, 4.69) is 24.6 Å². The fourth-order valence-electron chi connectivity index (χ4n) is 0.441. The Balaban J connectivity index is 0. The zero-order chi connectivity index (χ0) is 7.11. The molecule has 3 nitrogen and oxygen atoms in total. The van der Waals surface area contributed by atoms with Crippen LogP contribution in [0.4, 0.5) is 4.79 Å². The Bertz CT molecular complexity index is 87.8. The van der Waals surface area contributed by atoms with E-state index in [1.54, 1.807) is 0 Å². The number of carbonyl (C=O) groups excluding carboxylic acids is 1. The van der Waals surface area contributed by atoms with Gasteiger partial charge in [0, 0.05) is 39.3 Å². The van der Waals surface area contributed by atoms with Crippen molar-refractivity contribution >= 4 is 6.03 Å². The second kappa shape index (κ2) is 9.37. The van der Waals surface area contributed by atoms with Crippen molar-refractivity contribution in [3.63, 3.8) is 0 Å². The zero-order valence-corrected chi connectivity index (χ0v) is 9.15. The molecule has 1 radical (unpaired) electrons. The summed E-state index contributed by atoms with van der Waals surface area (Å²) in [6, 6.07) is -0.205. The number of amides is 2. The molecule has 0 aromatic rings. The second-order valence-corrected chi connectivity index (χ2v) is 1.79. The first-order valence-corrected chi connectivity index (χ1v) is 3.12. The van der Waals surface area contributed by atoms with Crippen LogP contribution < -0.4 is 10.6 Å². The summed E-state index contributed by atoms with van der Waals surface area (Å²) in [5.74, 6) is 0. The van der Waals surface area contributed by atoms with Crippen LogP contribution in [0.3, 0.4) is 0 Å². The molecule has 0 spiro atoms. The maximum atomic E-state index is 10.4. The smallest absolute Gasteiger partial charge is 0.285 e. The van der Waals surface area contributed by atoms with Crippen LogP contribution in [0.15, 0.2) is 0 Å². The maximum absolute atomic E-state index is 10.4. The van der Waals surface area contributed by atoms with E-state index in [9.17, 15) is 4.79 Å². The van der Waals surface area contributed by atoms with E-state index in [0.717, 1.165) is 19.4 Å². The first kappa shape index (κ1) is 13.0. The monoisotopic (exact) mass is 218 g/mol. The van der Waals surface area contributed by atoms with Gasteiger partial charge in [0.15, 0.2) is 0 Å². The number of unbranched alkanes of at least 4 members (excludes halogenated alkanes) is 1. The molecule has 4 heteroatoms. The van der Waals surface area contributed by atoms with Gasteiger partial charge in [0.2, 0.25) is 0 Å². The van der Waals surface area contributed by atoms with E-state index < -0.39 is 0 Å². The third-order valence-corrected chi connectivity index (χ3v) is 0.976. The van der Waals surface area contributed by atoms with Crippen molar-refractivity contribution in [1.82, 2.24) is 10.6 Å². The minimum Gasteiger partial charge on any atom is -0.490 e. The summed E-state index contributed by atoms with van der Waals surface area (Å²) >= 11 is 0. The SMILES string of the molecule is [CH2-]NC(=O)NCCCC.[Y]. The molecule has 10 heavy (non-hydrogen) atoms. The minimum absolute atomic E-state index is 0. The van der Waals surface area contributed by atoms with Crippen molar-refractivity contribution in [1.29, 1.82) is 0 Å². The average molecular weight is 218 g/mol. The minimum atomic E-state index is -0.205. The first-order valence-electron chi connectivity index (χ1n) is 3.12. The molecule has 0 aliphatic carbocycles. The van der Waals surface area contributed by atoms with Gasteiger partial charge >= 0.3 is 0 Å². The fourth-order valence-corrected chi connectivity index (χ4v) is 0.441. The molecular weight excluding hydrogens is 205 g/mol. The van der Waals surface area contributed by atoms with Gasteiger partial charge in [-0.25, -0.2) is 0 Å². The molecule has 0 aromatic carbocycles. The second-order valence-electron chi connectivity index (χ2n) is 1.79. The average Bonchev–Trinajstić information content (AvgIpc) is 1.89. The van der Waals surface area contributed by atoms with Gasteiger partial charge in [-0.15, -0.1) is 0 Å². The molecule has 0 bridgehead atoms. The molecule has 0 aromatic heterocycles. The summed E-state index contributed by atoms with van der Waals surface area (Å²) in [5, 5.41) is 4.84. The van der Waals surface area contributed by atoms with Crippen molar-refractivity contribution in [2.24, 2.45) is 0 Å². The molecule has 0 heterocycles. The molecular formula is C6H13N2OY-. The van der Waals surface area contributed by atoms with Gasteiger partial charge in [0.1, 0.15) is 0 Å². The molecule has 0 fully saturated rings. The van der Waals surface area contributed by atoms with E-state index in [-0.39, 0.29) is 38.7 Å². The third-order valence-electron chi connectivity index (χ3n) is 0.976. The predicted octanol–water partition coefficient (Wildman–Crippen LogP) is 0.875. The first-order chi connectivity index (χ1) is 4.31.